The van der Waals surface area contributed by atoms with Gasteiger partial charge in [0, 0.05) is 23.1 Å². The van der Waals surface area contributed by atoms with Gasteiger partial charge in [-0.15, -0.1) is 0 Å². The Morgan fingerprint density at radius 3 is 1.31 bits per heavy atom. The van der Waals surface area contributed by atoms with Crippen molar-refractivity contribution in [1.82, 2.24) is 0 Å². The van der Waals surface area contributed by atoms with Crippen LogP contribution in [0, 0.1) is 0 Å². The van der Waals surface area contributed by atoms with E-state index >= 15 is 0 Å². The molecule has 2 rings (SSSR count). The van der Waals surface area contributed by atoms with E-state index in [-0.39, 0.29) is 23.1 Å². The summed E-state index contributed by atoms with van der Waals surface area (Å²) in [5.41, 5.74) is 2.94. The van der Waals surface area contributed by atoms with Crippen LogP contribution in [0.4, 0.5) is 0 Å². The first-order valence-electron chi connectivity index (χ1n) is 4.43. The zero-order valence-electron chi connectivity index (χ0n) is 8.59. The number of hydrogen-bond acceptors (Lipinski definition) is 0. The summed E-state index contributed by atoms with van der Waals surface area (Å²) >= 11 is 0. The Bertz CT molecular complexity index is 226. The summed E-state index contributed by atoms with van der Waals surface area (Å²) in [6.45, 7) is 4.28. The van der Waals surface area contributed by atoms with Gasteiger partial charge in [0.2, 0.25) is 0 Å². The minimum Gasteiger partial charge on any atom is -0.0805 e. The molecule has 0 amide bonds. The van der Waals surface area contributed by atoms with E-state index in [2.05, 4.69) is 50.3 Å². The van der Waals surface area contributed by atoms with Crippen molar-refractivity contribution >= 4 is 23.1 Å². The third-order valence-corrected chi connectivity index (χ3v) is 1.91. The monoisotopic (exact) mass is 184 g/mol. The van der Waals surface area contributed by atoms with Crippen LogP contribution >= 0.6 is 0 Å². The van der Waals surface area contributed by atoms with Gasteiger partial charge in [0.25, 0.3) is 0 Å². The lowest BCUT2D eigenvalue weighted by Crippen LogP contribution is -1.58. The fourth-order valence-corrected chi connectivity index (χ4v) is 1.11. The highest BCUT2D eigenvalue weighted by Crippen LogP contribution is 2.07. The molecule has 0 aliphatic heterocycles. The van der Waals surface area contributed by atoms with Crippen LogP contribution in [0.15, 0.2) is 47.6 Å². The first kappa shape index (κ1) is 12.7. The molecular weight excluding hydrogens is 168 g/mol. The SMILES string of the molecule is CC1=CC=CC1.CC1=CC=CC1.[Mg]. The Kier molecular flexibility index (Phi) is 7.01. The van der Waals surface area contributed by atoms with Gasteiger partial charge in [-0.3, -0.25) is 0 Å². The largest absolute Gasteiger partial charge is 0.0805 e. The zero-order valence-corrected chi connectivity index (χ0v) is 10.00. The van der Waals surface area contributed by atoms with Gasteiger partial charge in [0.15, 0.2) is 0 Å². The molecule has 0 N–H and O–H groups in total. The summed E-state index contributed by atoms with van der Waals surface area (Å²) in [6, 6.07) is 0. The van der Waals surface area contributed by atoms with Crippen molar-refractivity contribution in [1.29, 1.82) is 0 Å². The Labute approximate surface area is 97.3 Å². The van der Waals surface area contributed by atoms with E-state index in [1.807, 2.05) is 0 Å². The van der Waals surface area contributed by atoms with Crippen molar-refractivity contribution in [3.8, 4) is 0 Å². The van der Waals surface area contributed by atoms with Crippen LogP contribution in [-0.2, 0) is 0 Å². The average Bonchev–Trinajstić information content (AvgIpc) is 2.63. The lowest BCUT2D eigenvalue weighted by molar-refractivity contribution is 1.25. The summed E-state index contributed by atoms with van der Waals surface area (Å²) in [4.78, 5) is 0. The molecule has 0 aromatic carbocycles. The van der Waals surface area contributed by atoms with Gasteiger partial charge in [0.05, 0.1) is 0 Å². The summed E-state index contributed by atoms with van der Waals surface area (Å²) < 4.78 is 0. The summed E-state index contributed by atoms with van der Waals surface area (Å²) in [7, 11) is 0. The Morgan fingerprint density at radius 2 is 1.23 bits per heavy atom. The molecule has 0 spiro atoms. The average molecular weight is 185 g/mol. The maximum atomic E-state index is 2.16. The summed E-state index contributed by atoms with van der Waals surface area (Å²) in [6.07, 6.45) is 15.1. The molecule has 0 aromatic heterocycles. The van der Waals surface area contributed by atoms with Crippen LogP contribution in [0.25, 0.3) is 0 Å². The molecule has 0 saturated carbocycles. The molecule has 13 heavy (non-hydrogen) atoms. The third kappa shape index (κ3) is 5.89. The second-order valence-electron chi connectivity index (χ2n) is 3.29. The molecule has 1 heteroatoms. The van der Waals surface area contributed by atoms with E-state index in [0.717, 1.165) is 0 Å². The van der Waals surface area contributed by atoms with Crippen molar-refractivity contribution in [2.24, 2.45) is 0 Å². The van der Waals surface area contributed by atoms with E-state index in [1.54, 1.807) is 0 Å². The fourth-order valence-electron chi connectivity index (χ4n) is 1.11. The van der Waals surface area contributed by atoms with Crippen LogP contribution < -0.4 is 0 Å². The predicted molar refractivity (Wildman–Crippen MR) is 60.8 cm³/mol. The highest BCUT2D eigenvalue weighted by Gasteiger charge is 1.86. The molecule has 2 aliphatic carbocycles. The van der Waals surface area contributed by atoms with Crippen LogP contribution in [0.5, 0.6) is 0 Å². The minimum atomic E-state index is 0. The summed E-state index contributed by atoms with van der Waals surface area (Å²) in [5, 5.41) is 0. The van der Waals surface area contributed by atoms with Gasteiger partial charge in [-0.05, 0) is 26.7 Å². The van der Waals surface area contributed by atoms with Crippen LogP contribution in [0.3, 0.4) is 0 Å². The molecule has 0 fully saturated rings. The first-order chi connectivity index (χ1) is 5.79. The molecule has 0 aromatic rings. The van der Waals surface area contributed by atoms with Crippen molar-refractivity contribution < 1.29 is 0 Å². The number of rotatable bonds is 0. The topological polar surface area (TPSA) is 0 Å². The van der Waals surface area contributed by atoms with E-state index in [0.29, 0.717) is 0 Å². The van der Waals surface area contributed by atoms with Crippen molar-refractivity contribution in [3.05, 3.63) is 47.6 Å². The van der Waals surface area contributed by atoms with E-state index < -0.39 is 0 Å². The predicted octanol–water partition coefficient (Wildman–Crippen LogP) is 3.40. The van der Waals surface area contributed by atoms with Crippen molar-refractivity contribution in [3.63, 3.8) is 0 Å². The van der Waals surface area contributed by atoms with Gasteiger partial charge in [-0.1, -0.05) is 47.6 Å². The van der Waals surface area contributed by atoms with Crippen LogP contribution in [-0.4, -0.2) is 23.1 Å². The molecule has 0 heterocycles. The second-order valence-corrected chi connectivity index (χ2v) is 3.29. The van der Waals surface area contributed by atoms with Gasteiger partial charge in [-0.2, -0.15) is 0 Å². The Hall–Kier alpha value is -0.274. The van der Waals surface area contributed by atoms with E-state index in [1.165, 1.54) is 24.0 Å². The molecule has 0 nitrogen and oxygen atoms in total. The highest BCUT2D eigenvalue weighted by molar-refractivity contribution is 5.75. The van der Waals surface area contributed by atoms with Gasteiger partial charge < -0.3 is 0 Å². The molecule has 0 atom stereocenters. The van der Waals surface area contributed by atoms with Crippen LogP contribution in [0.2, 0.25) is 0 Å². The highest BCUT2D eigenvalue weighted by atomic mass is 24.3. The molecule has 2 aliphatic rings. The smallest absolute Gasteiger partial charge is 0 e. The number of hydrogen-bond donors (Lipinski definition) is 0. The molecule has 66 valence electrons. The van der Waals surface area contributed by atoms with Gasteiger partial charge in [-0.25, -0.2) is 0 Å². The molecule has 2 radical (unpaired) electrons. The Morgan fingerprint density at radius 1 is 0.846 bits per heavy atom. The standard InChI is InChI=1S/2C6H8.Mg/c2*1-6-4-2-3-5-6;/h2*2-4H,5H2,1H3;. The normalized spacial score (nSPS) is 17.1. The first-order valence-corrected chi connectivity index (χ1v) is 4.43. The second kappa shape index (κ2) is 7.16. The van der Waals surface area contributed by atoms with E-state index in [9.17, 15) is 0 Å². The molecule has 0 bridgehead atoms. The lowest BCUT2D eigenvalue weighted by Gasteiger charge is -1.78. The number of allylic oxidation sites excluding steroid dienone is 8. The molecular formula is C12H16Mg. The van der Waals surface area contributed by atoms with Crippen LogP contribution in [0.1, 0.15) is 26.7 Å². The van der Waals surface area contributed by atoms with Crippen molar-refractivity contribution in [2.75, 3.05) is 0 Å². The van der Waals surface area contributed by atoms with Gasteiger partial charge in [0.1, 0.15) is 0 Å². The zero-order chi connectivity index (χ0) is 8.81. The molecule has 0 unspecified atom stereocenters. The Balaban J connectivity index is 0.000000206. The fraction of sp³-hybridized carbons (Fsp3) is 0.333. The molecule has 0 saturated heterocycles. The summed E-state index contributed by atoms with van der Waals surface area (Å²) in [5.74, 6) is 0. The lowest BCUT2D eigenvalue weighted by atomic mass is 10.3. The third-order valence-electron chi connectivity index (χ3n) is 1.91. The minimum absolute atomic E-state index is 0. The van der Waals surface area contributed by atoms with E-state index in [4.69, 9.17) is 0 Å². The van der Waals surface area contributed by atoms with Gasteiger partial charge >= 0.3 is 0 Å². The maximum absolute atomic E-state index is 2.16. The maximum Gasteiger partial charge on any atom is 0 e. The quantitative estimate of drug-likeness (QED) is 0.506. The van der Waals surface area contributed by atoms with Crippen molar-refractivity contribution in [2.45, 2.75) is 26.7 Å².